The molecule has 1 aromatic carbocycles. The van der Waals surface area contributed by atoms with Gasteiger partial charge in [-0.25, -0.2) is 4.39 Å². The van der Waals surface area contributed by atoms with Gasteiger partial charge in [-0.15, -0.1) is 0 Å². The summed E-state index contributed by atoms with van der Waals surface area (Å²) in [5, 5.41) is 30.8. The van der Waals surface area contributed by atoms with Crippen LogP contribution in [-0.4, -0.2) is 33.0 Å². The second-order valence-electron chi connectivity index (χ2n) is 9.09. The number of carboxylic acid groups (broad SMARTS) is 1. The molecule has 0 bridgehead atoms. The number of carboxylic acids is 1. The molecule has 1 fully saturated rings. The van der Waals surface area contributed by atoms with Crippen LogP contribution < -0.4 is 34.7 Å². The third-order valence-electron chi connectivity index (χ3n) is 6.18. The Morgan fingerprint density at radius 1 is 1.18 bits per heavy atom. The molecule has 0 aliphatic heterocycles. The molecule has 0 unspecified atom stereocenters. The molecule has 33 heavy (non-hydrogen) atoms. The maximum atomic E-state index is 13.6. The van der Waals surface area contributed by atoms with Crippen molar-refractivity contribution in [1.82, 2.24) is 4.57 Å². The Morgan fingerprint density at radius 2 is 1.82 bits per heavy atom. The van der Waals surface area contributed by atoms with Gasteiger partial charge in [0, 0.05) is 47.9 Å². The van der Waals surface area contributed by atoms with E-state index in [-0.39, 0.29) is 47.7 Å². The predicted molar refractivity (Wildman–Crippen MR) is 121 cm³/mol. The van der Waals surface area contributed by atoms with E-state index in [9.17, 15) is 24.5 Å². The molecule has 2 atom stereocenters. The summed E-state index contributed by atoms with van der Waals surface area (Å²) < 4.78 is 15.9. The van der Waals surface area contributed by atoms with E-state index in [4.69, 9.17) is 0 Å². The van der Waals surface area contributed by atoms with Gasteiger partial charge in [0.05, 0.1) is 12.2 Å². The number of aliphatic hydroxyl groups excluding tert-OH is 2. The molecule has 0 amide bonds. The molecule has 1 aliphatic carbocycles. The molecule has 3 rings (SSSR count). The minimum Gasteiger partial charge on any atom is -0.550 e. The summed E-state index contributed by atoms with van der Waals surface area (Å²) in [5.41, 5.74) is 3.99. The first-order valence-electron chi connectivity index (χ1n) is 11.5. The molecule has 174 valence electrons. The fourth-order valence-electron chi connectivity index (χ4n) is 4.70. The monoisotopic (exact) mass is 465 g/mol. The van der Waals surface area contributed by atoms with Crippen LogP contribution in [0.5, 0.6) is 0 Å². The van der Waals surface area contributed by atoms with Gasteiger partial charge in [0.25, 0.3) is 0 Å². The molecule has 1 saturated carbocycles. The van der Waals surface area contributed by atoms with Crippen molar-refractivity contribution in [3.05, 3.63) is 53.6 Å². The molecule has 2 N–H and O–H groups in total. The van der Waals surface area contributed by atoms with Crippen LogP contribution in [0.2, 0.25) is 0 Å². The van der Waals surface area contributed by atoms with E-state index in [2.05, 4.69) is 24.6 Å². The maximum Gasteiger partial charge on any atom is 1.00 e. The topological polar surface area (TPSA) is 85.5 Å². The summed E-state index contributed by atoms with van der Waals surface area (Å²) in [6, 6.07) is 6.83. The molecule has 0 saturated heterocycles. The Kier molecular flexibility index (Phi) is 10.8. The van der Waals surface area contributed by atoms with Crippen LogP contribution in [0, 0.1) is 5.82 Å². The van der Waals surface area contributed by atoms with Gasteiger partial charge < -0.3 is 24.7 Å². The largest absolute Gasteiger partial charge is 1.00 e. The molecule has 1 aliphatic rings. The van der Waals surface area contributed by atoms with E-state index in [1.54, 1.807) is 18.2 Å². The number of aliphatic hydroxyl groups is 2. The summed E-state index contributed by atoms with van der Waals surface area (Å²) in [5.74, 6) is -1.41. The van der Waals surface area contributed by atoms with Crippen molar-refractivity contribution in [2.45, 2.75) is 83.0 Å². The molecule has 0 radical (unpaired) electrons. The third-order valence-corrected chi connectivity index (χ3v) is 6.18. The van der Waals surface area contributed by atoms with Gasteiger partial charge in [-0.2, -0.15) is 0 Å². The van der Waals surface area contributed by atoms with Gasteiger partial charge in [0.2, 0.25) is 0 Å². The number of nitrogens with zero attached hydrogens (tertiary/aromatic N) is 1. The zero-order valence-corrected chi connectivity index (χ0v) is 21.8. The number of benzene rings is 1. The molecule has 0 spiro atoms. The van der Waals surface area contributed by atoms with Crippen molar-refractivity contribution in [1.29, 1.82) is 0 Å². The van der Waals surface area contributed by atoms with E-state index >= 15 is 0 Å². The number of hydrogen-bond donors (Lipinski definition) is 2. The Balaban J connectivity index is 0.00000385. The fourth-order valence-corrected chi connectivity index (χ4v) is 4.70. The fraction of sp³-hybridized carbons (Fsp3) is 0.500. The van der Waals surface area contributed by atoms with E-state index in [0.717, 1.165) is 35.2 Å². The van der Waals surface area contributed by atoms with Crippen LogP contribution in [0.25, 0.3) is 17.2 Å². The van der Waals surface area contributed by atoms with E-state index in [1.807, 2.05) is 6.08 Å². The van der Waals surface area contributed by atoms with Gasteiger partial charge in [0.15, 0.2) is 0 Å². The SMILES string of the molecule is CC(C)c1c(/C=C/[C@H](O)C[C@@H](O)CC(=O)[O-])c(-c2ccc(F)cc2)cn1C1CCCCC1.[Na+]. The Bertz CT molecular complexity index is 933. The maximum absolute atomic E-state index is 13.6. The van der Waals surface area contributed by atoms with Crippen LogP contribution >= 0.6 is 0 Å². The molecular weight excluding hydrogens is 432 g/mol. The van der Waals surface area contributed by atoms with Crippen LogP contribution in [0.1, 0.15) is 82.0 Å². The van der Waals surface area contributed by atoms with Crippen LogP contribution in [-0.2, 0) is 4.79 Å². The smallest absolute Gasteiger partial charge is 0.550 e. The zero-order valence-electron chi connectivity index (χ0n) is 19.8. The van der Waals surface area contributed by atoms with Crippen LogP contribution in [0.4, 0.5) is 4.39 Å². The summed E-state index contributed by atoms with van der Waals surface area (Å²) in [6.45, 7) is 4.28. The van der Waals surface area contributed by atoms with Gasteiger partial charge in [-0.05, 0) is 36.5 Å². The number of carbonyl (C=O) groups is 1. The predicted octanol–water partition coefficient (Wildman–Crippen LogP) is 1.19. The quantitative estimate of drug-likeness (QED) is 0.545. The third kappa shape index (κ3) is 7.52. The minimum absolute atomic E-state index is 0. The number of hydrogen-bond acceptors (Lipinski definition) is 4. The summed E-state index contributed by atoms with van der Waals surface area (Å²) in [6.07, 6.45) is 8.73. The molecule has 1 heterocycles. The number of carbonyl (C=O) groups excluding carboxylic acids is 1. The molecule has 2 aromatic rings. The van der Waals surface area contributed by atoms with Gasteiger partial charge in [-0.1, -0.05) is 57.4 Å². The first-order valence-corrected chi connectivity index (χ1v) is 11.5. The van der Waals surface area contributed by atoms with E-state index in [0.29, 0.717) is 6.04 Å². The average Bonchev–Trinajstić information content (AvgIpc) is 3.12. The number of aliphatic carboxylic acids is 1. The molecule has 7 heteroatoms. The van der Waals surface area contributed by atoms with Crippen molar-refractivity contribution >= 4 is 12.0 Å². The van der Waals surface area contributed by atoms with Crippen molar-refractivity contribution in [2.24, 2.45) is 0 Å². The zero-order chi connectivity index (χ0) is 23.3. The number of halogens is 1. The first kappa shape index (κ1) is 27.8. The molecule has 5 nitrogen and oxygen atoms in total. The Hall–Kier alpha value is -1.44. The second kappa shape index (κ2) is 12.9. The average molecular weight is 466 g/mol. The number of rotatable bonds is 9. The summed E-state index contributed by atoms with van der Waals surface area (Å²) >= 11 is 0. The van der Waals surface area contributed by atoms with Crippen molar-refractivity contribution in [3.63, 3.8) is 0 Å². The molecule has 1 aromatic heterocycles. The first-order chi connectivity index (χ1) is 15.3. The van der Waals surface area contributed by atoms with Gasteiger partial charge in [-0.3, -0.25) is 0 Å². The van der Waals surface area contributed by atoms with Gasteiger partial charge >= 0.3 is 29.6 Å². The summed E-state index contributed by atoms with van der Waals surface area (Å²) in [7, 11) is 0. The van der Waals surface area contributed by atoms with Crippen molar-refractivity contribution < 1.29 is 54.1 Å². The number of aromatic nitrogens is 1. The normalized spacial score (nSPS) is 16.7. The summed E-state index contributed by atoms with van der Waals surface area (Å²) in [4.78, 5) is 10.7. The van der Waals surface area contributed by atoms with Crippen LogP contribution in [0.3, 0.4) is 0 Å². The standard InChI is InChI=1S/C26H34FNO4.Na/c1-17(2)26-23(13-12-21(29)14-22(30)15-25(31)32)24(18-8-10-19(27)11-9-18)16-28(26)20-6-4-3-5-7-20;/h8-13,16-17,20-22,29-30H,3-7,14-15H2,1-2H3,(H,31,32);/q;+1/p-1/b13-12+;/t21-,22+;/m0./s1. The van der Waals surface area contributed by atoms with E-state index in [1.165, 1.54) is 31.4 Å². The van der Waals surface area contributed by atoms with Crippen molar-refractivity contribution in [3.8, 4) is 11.1 Å². The Morgan fingerprint density at radius 3 is 2.39 bits per heavy atom. The molecular formula is C26H33FNNaO4. The second-order valence-corrected chi connectivity index (χ2v) is 9.09. The van der Waals surface area contributed by atoms with Crippen molar-refractivity contribution in [2.75, 3.05) is 0 Å². The van der Waals surface area contributed by atoms with E-state index < -0.39 is 24.6 Å². The Labute approximate surface area is 217 Å². The van der Waals surface area contributed by atoms with Gasteiger partial charge in [0.1, 0.15) is 5.82 Å². The minimum atomic E-state index is -1.35. The van der Waals surface area contributed by atoms with Crippen LogP contribution in [0.15, 0.2) is 36.5 Å².